The van der Waals surface area contributed by atoms with E-state index in [9.17, 15) is 4.79 Å². The summed E-state index contributed by atoms with van der Waals surface area (Å²) in [6.07, 6.45) is 3.67. The zero-order valence-corrected chi connectivity index (χ0v) is 12.0. The highest BCUT2D eigenvalue weighted by Crippen LogP contribution is 2.37. The molecule has 6 heteroatoms. The fraction of sp³-hybridized carbons (Fsp3) is 0.267. The molecule has 0 aliphatic carbocycles. The number of fused-ring (bicyclic) bond motifs is 1. The molecule has 0 spiro atoms. The van der Waals surface area contributed by atoms with Gasteiger partial charge in [0.2, 0.25) is 0 Å². The fourth-order valence-electron chi connectivity index (χ4n) is 2.06. The molecule has 1 aromatic carbocycles. The van der Waals surface area contributed by atoms with Crippen molar-refractivity contribution in [3.05, 3.63) is 46.9 Å². The van der Waals surface area contributed by atoms with Crippen molar-refractivity contribution in [1.29, 1.82) is 0 Å². The van der Waals surface area contributed by atoms with Crippen LogP contribution in [0.2, 0.25) is 5.02 Å². The number of amides is 1. The molecule has 1 N–H and O–H groups in total. The Labute approximate surface area is 126 Å². The summed E-state index contributed by atoms with van der Waals surface area (Å²) in [5, 5.41) is 3.28. The van der Waals surface area contributed by atoms with E-state index < -0.39 is 0 Å². The van der Waals surface area contributed by atoms with Gasteiger partial charge in [0.25, 0.3) is 5.91 Å². The zero-order valence-electron chi connectivity index (χ0n) is 11.2. The van der Waals surface area contributed by atoms with Crippen molar-refractivity contribution < 1.29 is 18.7 Å². The lowest BCUT2D eigenvalue weighted by atomic mass is 10.2. The third-order valence-corrected chi connectivity index (χ3v) is 3.38. The minimum Gasteiger partial charge on any atom is -0.489 e. The van der Waals surface area contributed by atoms with Gasteiger partial charge in [-0.2, -0.15) is 0 Å². The van der Waals surface area contributed by atoms with Crippen molar-refractivity contribution in [3.8, 4) is 11.5 Å². The first-order chi connectivity index (χ1) is 10.2. The first-order valence-electron chi connectivity index (χ1n) is 6.62. The van der Waals surface area contributed by atoms with Gasteiger partial charge in [-0.25, -0.2) is 0 Å². The molecule has 21 heavy (non-hydrogen) atoms. The van der Waals surface area contributed by atoms with Crippen LogP contribution in [0.25, 0.3) is 0 Å². The van der Waals surface area contributed by atoms with Crippen LogP contribution in [0.4, 0.5) is 0 Å². The van der Waals surface area contributed by atoms with Crippen LogP contribution in [0.5, 0.6) is 11.5 Å². The third kappa shape index (κ3) is 3.13. The zero-order chi connectivity index (χ0) is 14.7. The van der Waals surface area contributed by atoms with Crippen molar-refractivity contribution in [2.75, 3.05) is 13.2 Å². The van der Waals surface area contributed by atoms with Gasteiger partial charge in [-0.05, 0) is 23.8 Å². The van der Waals surface area contributed by atoms with E-state index in [-0.39, 0.29) is 5.91 Å². The Bertz CT molecular complexity index is 639. The first-order valence-corrected chi connectivity index (χ1v) is 7.00. The summed E-state index contributed by atoms with van der Waals surface area (Å²) in [5.74, 6) is 0.985. The van der Waals surface area contributed by atoms with E-state index in [2.05, 4.69) is 5.32 Å². The number of benzene rings is 1. The van der Waals surface area contributed by atoms with Gasteiger partial charge in [0.15, 0.2) is 11.5 Å². The van der Waals surface area contributed by atoms with Gasteiger partial charge in [0.1, 0.15) is 6.26 Å². The Hall–Kier alpha value is -2.14. The average molecular weight is 308 g/mol. The predicted molar refractivity (Wildman–Crippen MR) is 76.9 cm³/mol. The number of hydrogen-bond donors (Lipinski definition) is 1. The quantitative estimate of drug-likeness (QED) is 0.947. The van der Waals surface area contributed by atoms with E-state index in [4.69, 9.17) is 25.5 Å². The summed E-state index contributed by atoms with van der Waals surface area (Å²) in [5.41, 5.74) is 1.33. The Kier molecular flexibility index (Phi) is 4.01. The summed E-state index contributed by atoms with van der Waals surface area (Å²) < 4.78 is 16.1. The van der Waals surface area contributed by atoms with Gasteiger partial charge < -0.3 is 19.2 Å². The predicted octanol–water partition coefficient (Wildman–Crippen LogP) is 3.02. The molecule has 5 nitrogen and oxygen atoms in total. The molecule has 0 radical (unpaired) electrons. The second-order valence-electron chi connectivity index (χ2n) is 4.65. The lowest BCUT2D eigenvalue weighted by Gasteiger charge is -2.12. The number of ether oxygens (including phenoxy) is 2. The van der Waals surface area contributed by atoms with Gasteiger partial charge in [-0.3, -0.25) is 4.79 Å². The third-order valence-electron chi connectivity index (χ3n) is 3.10. The molecule has 0 fully saturated rings. The largest absolute Gasteiger partial charge is 0.489 e. The first kappa shape index (κ1) is 13.8. The minimum absolute atomic E-state index is 0.202. The summed E-state index contributed by atoms with van der Waals surface area (Å²) >= 11 is 6.20. The maximum atomic E-state index is 11.8. The number of rotatable bonds is 3. The fourth-order valence-corrected chi connectivity index (χ4v) is 2.35. The van der Waals surface area contributed by atoms with Gasteiger partial charge in [0, 0.05) is 13.0 Å². The molecule has 0 atom stereocenters. The number of halogens is 1. The molecule has 1 aromatic heterocycles. The van der Waals surface area contributed by atoms with Gasteiger partial charge in [-0.15, -0.1) is 0 Å². The number of hydrogen-bond acceptors (Lipinski definition) is 4. The number of carbonyl (C=O) groups is 1. The van der Waals surface area contributed by atoms with Crippen LogP contribution in [0.3, 0.4) is 0 Å². The smallest absolute Gasteiger partial charge is 0.254 e. The van der Waals surface area contributed by atoms with E-state index in [1.807, 2.05) is 6.07 Å². The van der Waals surface area contributed by atoms with Crippen molar-refractivity contribution in [1.82, 2.24) is 5.32 Å². The van der Waals surface area contributed by atoms with Crippen molar-refractivity contribution >= 4 is 17.5 Å². The standard InChI is InChI=1S/C15H14ClNO4/c16-12-6-10(7-13-14(12)21-4-1-3-20-13)8-17-15(18)11-2-5-19-9-11/h2,5-7,9H,1,3-4,8H2,(H,17,18). The molecular formula is C15H14ClNO4. The van der Waals surface area contributed by atoms with Crippen LogP contribution in [-0.2, 0) is 6.54 Å². The molecule has 1 aliphatic heterocycles. The second-order valence-corrected chi connectivity index (χ2v) is 5.06. The lowest BCUT2D eigenvalue weighted by molar-refractivity contribution is 0.0950. The van der Waals surface area contributed by atoms with Gasteiger partial charge in [0.05, 0.1) is 30.1 Å². The molecule has 2 heterocycles. The second kappa shape index (κ2) is 6.10. The van der Waals surface area contributed by atoms with Gasteiger partial charge in [-0.1, -0.05) is 11.6 Å². The SMILES string of the molecule is O=C(NCc1cc(Cl)c2c(c1)OCCCO2)c1ccoc1. The van der Waals surface area contributed by atoms with Crippen LogP contribution >= 0.6 is 11.6 Å². The average Bonchev–Trinajstić information content (AvgIpc) is 2.91. The van der Waals surface area contributed by atoms with Crippen molar-refractivity contribution in [2.24, 2.45) is 0 Å². The lowest BCUT2D eigenvalue weighted by Crippen LogP contribution is -2.22. The maximum Gasteiger partial charge on any atom is 0.254 e. The molecular weight excluding hydrogens is 294 g/mol. The van der Waals surface area contributed by atoms with E-state index in [1.165, 1.54) is 12.5 Å². The summed E-state index contributed by atoms with van der Waals surface area (Å²) in [7, 11) is 0. The molecule has 110 valence electrons. The monoisotopic (exact) mass is 307 g/mol. The van der Waals surface area contributed by atoms with E-state index in [1.54, 1.807) is 12.1 Å². The van der Waals surface area contributed by atoms with E-state index in [0.29, 0.717) is 41.8 Å². The van der Waals surface area contributed by atoms with Crippen molar-refractivity contribution in [3.63, 3.8) is 0 Å². The molecule has 0 saturated heterocycles. The van der Waals surface area contributed by atoms with E-state index >= 15 is 0 Å². The van der Waals surface area contributed by atoms with Crippen LogP contribution in [-0.4, -0.2) is 19.1 Å². The van der Waals surface area contributed by atoms with Crippen LogP contribution in [0.15, 0.2) is 35.1 Å². The topological polar surface area (TPSA) is 60.7 Å². The molecule has 3 rings (SSSR count). The highest BCUT2D eigenvalue weighted by atomic mass is 35.5. The number of nitrogens with one attached hydrogen (secondary N) is 1. The Morgan fingerprint density at radius 3 is 2.95 bits per heavy atom. The van der Waals surface area contributed by atoms with Crippen LogP contribution in [0.1, 0.15) is 22.3 Å². The molecule has 0 bridgehead atoms. The summed E-state index contributed by atoms with van der Waals surface area (Å²) in [6.45, 7) is 1.53. The highest BCUT2D eigenvalue weighted by Gasteiger charge is 2.16. The summed E-state index contributed by atoms with van der Waals surface area (Å²) in [4.78, 5) is 11.8. The molecule has 0 unspecified atom stereocenters. The molecule has 1 amide bonds. The number of carbonyl (C=O) groups excluding carboxylic acids is 1. The summed E-state index contributed by atoms with van der Waals surface area (Å²) in [6, 6.07) is 5.21. The maximum absolute atomic E-state index is 11.8. The van der Waals surface area contributed by atoms with Gasteiger partial charge >= 0.3 is 0 Å². The minimum atomic E-state index is -0.202. The van der Waals surface area contributed by atoms with Crippen LogP contribution < -0.4 is 14.8 Å². The highest BCUT2D eigenvalue weighted by molar-refractivity contribution is 6.32. The Morgan fingerprint density at radius 1 is 1.29 bits per heavy atom. The van der Waals surface area contributed by atoms with E-state index in [0.717, 1.165) is 12.0 Å². The van der Waals surface area contributed by atoms with Crippen LogP contribution in [0, 0.1) is 0 Å². The Morgan fingerprint density at radius 2 is 2.14 bits per heavy atom. The Balaban J connectivity index is 1.73. The molecule has 0 saturated carbocycles. The molecule has 2 aromatic rings. The normalized spacial score (nSPS) is 13.6. The van der Waals surface area contributed by atoms with Crippen molar-refractivity contribution in [2.45, 2.75) is 13.0 Å². The molecule has 1 aliphatic rings. The number of furan rings is 1.